The van der Waals surface area contributed by atoms with E-state index in [0.29, 0.717) is 17.7 Å². The molecule has 0 saturated carbocycles. The zero-order chi connectivity index (χ0) is 19.1. The number of rotatable bonds is 4. The zero-order valence-electron chi connectivity index (χ0n) is 15.8. The lowest BCUT2D eigenvalue weighted by atomic mass is 10.0. The molecule has 0 bridgehead atoms. The van der Waals surface area contributed by atoms with Gasteiger partial charge in [-0.15, -0.1) is 0 Å². The minimum atomic E-state index is 0.330. The highest BCUT2D eigenvalue weighted by Gasteiger charge is 2.20. The van der Waals surface area contributed by atoms with E-state index in [1.165, 1.54) is 11.1 Å². The Morgan fingerprint density at radius 1 is 1.25 bits per heavy atom. The van der Waals surface area contributed by atoms with Crippen molar-refractivity contribution >= 4 is 34.8 Å². The first kappa shape index (κ1) is 16.7. The number of H-pyrrole nitrogens is 1. The first-order chi connectivity index (χ1) is 13.7. The molecule has 7 heteroatoms. The van der Waals surface area contributed by atoms with E-state index in [4.69, 9.17) is 4.99 Å². The molecule has 0 fully saturated rings. The van der Waals surface area contributed by atoms with Gasteiger partial charge in [0.2, 0.25) is 5.95 Å². The van der Waals surface area contributed by atoms with Crippen LogP contribution in [0.1, 0.15) is 29.2 Å². The van der Waals surface area contributed by atoms with E-state index in [1.54, 1.807) is 4.68 Å². The highest BCUT2D eigenvalue weighted by atomic mass is 15.3. The molecule has 0 radical (unpaired) electrons. The maximum atomic E-state index is 4.76. The molecule has 1 unspecified atom stereocenters. The van der Waals surface area contributed by atoms with E-state index in [0.717, 1.165) is 35.4 Å². The number of nitrogens with zero attached hydrogens (tertiary/aromatic N) is 5. The molecule has 2 N–H and O–H groups in total. The Morgan fingerprint density at radius 3 is 3.00 bits per heavy atom. The lowest BCUT2D eigenvalue weighted by Crippen LogP contribution is -2.03. The summed E-state index contributed by atoms with van der Waals surface area (Å²) in [5, 5.41) is 8.51. The van der Waals surface area contributed by atoms with Crippen molar-refractivity contribution < 1.29 is 0 Å². The smallest absolute Gasteiger partial charge is 0.232 e. The van der Waals surface area contributed by atoms with Crippen molar-refractivity contribution in [2.45, 2.75) is 25.7 Å². The number of benzene rings is 1. The second-order valence-corrected chi connectivity index (χ2v) is 7.15. The maximum absolute atomic E-state index is 4.76. The Bertz CT molecular complexity index is 1180. The normalized spacial score (nSPS) is 16.1. The second-order valence-electron chi connectivity index (χ2n) is 7.15. The van der Waals surface area contributed by atoms with Crippen molar-refractivity contribution in [3.8, 4) is 0 Å². The number of hydrogen-bond acceptors (Lipinski definition) is 5. The first-order valence-corrected chi connectivity index (χ1v) is 9.42. The van der Waals surface area contributed by atoms with Crippen molar-refractivity contribution in [3.63, 3.8) is 0 Å². The highest BCUT2D eigenvalue weighted by Crippen LogP contribution is 2.32. The maximum Gasteiger partial charge on any atom is 0.232 e. The number of nitrogens with one attached hydrogen (secondary N) is 2. The fourth-order valence-electron chi connectivity index (χ4n) is 3.83. The minimum absolute atomic E-state index is 0.330. The number of fused-ring (bicyclic) bond motifs is 2. The highest BCUT2D eigenvalue weighted by molar-refractivity contribution is 5.89. The molecule has 3 heterocycles. The topological polar surface area (TPSA) is 83.8 Å². The molecular weight excluding hydrogens is 350 g/mol. The molecule has 0 amide bonds. The Hall–Kier alpha value is -3.48. The number of aromatic amines is 1. The monoisotopic (exact) mass is 371 g/mol. The molecule has 0 saturated heterocycles. The molecule has 0 aliphatic heterocycles. The van der Waals surface area contributed by atoms with Gasteiger partial charge in [-0.05, 0) is 37.0 Å². The number of aryl methyl sites for hydroxylation is 3. The molecule has 3 aromatic heterocycles. The minimum Gasteiger partial charge on any atom is -0.346 e. The van der Waals surface area contributed by atoms with Gasteiger partial charge in [-0.3, -0.25) is 4.68 Å². The molecular formula is C21H21N7. The summed E-state index contributed by atoms with van der Waals surface area (Å²) in [7, 11) is 1.89. The Morgan fingerprint density at radius 2 is 2.14 bits per heavy atom. The number of aromatic nitrogens is 5. The van der Waals surface area contributed by atoms with E-state index in [2.05, 4.69) is 49.6 Å². The van der Waals surface area contributed by atoms with Crippen LogP contribution >= 0.6 is 0 Å². The fourth-order valence-corrected chi connectivity index (χ4v) is 3.83. The molecule has 1 aliphatic rings. The van der Waals surface area contributed by atoms with Gasteiger partial charge in [0.15, 0.2) is 5.82 Å². The van der Waals surface area contributed by atoms with Crippen LogP contribution in [0, 0.1) is 6.92 Å². The van der Waals surface area contributed by atoms with E-state index < -0.39 is 0 Å². The Kier molecular flexibility index (Phi) is 3.93. The van der Waals surface area contributed by atoms with Crippen molar-refractivity contribution in [2.75, 3.05) is 5.32 Å². The number of anilines is 2. The van der Waals surface area contributed by atoms with Crippen LogP contribution in [0.15, 0.2) is 47.6 Å². The van der Waals surface area contributed by atoms with Crippen LogP contribution in [0.3, 0.4) is 0 Å². The van der Waals surface area contributed by atoms with Gasteiger partial charge in [0.25, 0.3) is 0 Å². The zero-order valence-corrected chi connectivity index (χ0v) is 15.8. The van der Waals surface area contributed by atoms with Crippen LogP contribution in [0.2, 0.25) is 0 Å². The van der Waals surface area contributed by atoms with E-state index >= 15 is 0 Å². The van der Waals surface area contributed by atoms with Gasteiger partial charge in [-0.1, -0.05) is 24.3 Å². The van der Waals surface area contributed by atoms with Crippen molar-refractivity contribution in [3.05, 3.63) is 59.4 Å². The molecule has 140 valence electrons. The molecule has 28 heavy (non-hydrogen) atoms. The van der Waals surface area contributed by atoms with Crippen LogP contribution in [-0.4, -0.2) is 30.9 Å². The Labute approximate surface area is 162 Å². The lowest BCUT2D eigenvalue weighted by Gasteiger charge is -2.07. The molecule has 0 spiro atoms. The largest absolute Gasteiger partial charge is 0.346 e. The van der Waals surface area contributed by atoms with Crippen molar-refractivity contribution in [1.29, 1.82) is 0 Å². The lowest BCUT2D eigenvalue weighted by molar-refractivity contribution is 0.763. The number of aliphatic imine (C=N–C) groups is 1. The summed E-state index contributed by atoms with van der Waals surface area (Å²) >= 11 is 0. The third kappa shape index (κ3) is 2.94. The third-order valence-corrected chi connectivity index (χ3v) is 5.19. The molecule has 4 aromatic rings. The van der Waals surface area contributed by atoms with Crippen LogP contribution in [0.5, 0.6) is 0 Å². The third-order valence-electron chi connectivity index (χ3n) is 5.19. The average molecular weight is 371 g/mol. The van der Waals surface area contributed by atoms with E-state index in [9.17, 15) is 0 Å². The molecule has 1 atom stereocenters. The van der Waals surface area contributed by atoms with Crippen molar-refractivity contribution in [1.82, 2.24) is 24.7 Å². The van der Waals surface area contributed by atoms with Crippen LogP contribution in [0.25, 0.3) is 11.0 Å². The summed E-state index contributed by atoms with van der Waals surface area (Å²) in [6.07, 6.45) is 6.08. The summed E-state index contributed by atoms with van der Waals surface area (Å²) in [6.45, 7) is 1.95. The average Bonchev–Trinajstić information content (AvgIpc) is 3.39. The van der Waals surface area contributed by atoms with Crippen molar-refractivity contribution in [2.24, 2.45) is 12.0 Å². The van der Waals surface area contributed by atoms with Gasteiger partial charge >= 0.3 is 0 Å². The Balaban J connectivity index is 1.49. The fraction of sp³-hybridized carbons (Fsp3) is 0.238. The summed E-state index contributed by atoms with van der Waals surface area (Å²) in [4.78, 5) is 17.1. The van der Waals surface area contributed by atoms with E-state index in [-0.39, 0.29) is 0 Å². The van der Waals surface area contributed by atoms with Crippen LogP contribution < -0.4 is 5.32 Å². The van der Waals surface area contributed by atoms with Crippen LogP contribution in [-0.2, 0) is 13.5 Å². The first-order valence-electron chi connectivity index (χ1n) is 9.42. The summed E-state index contributed by atoms with van der Waals surface area (Å²) in [5.41, 5.74) is 4.48. The SMILES string of the molecule is Cc1cc(Nc2nc(/N=C\C3CCc4ccccc43)c3cc[nH]c3n2)n(C)n1. The van der Waals surface area contributed by atoms with E-state index in [1.807, 2.05) is 38.5 Å². The van der Waals surface area contributed by atoms with Gasteiger partial charge in [-0.25, -0.2) is 4.99 Å². The van der Waals surface area contributed by atoms with Gasteiger partial charge in [0.05, 0.1) is 11.1 Å². The predicted octanol–water partition coefficient (Wildman–Crippen LogP) is 4.18. The molecule has 5 rings (SSSR count). The summed E-state index contributed by atoms with van der Waals surface area (Å²) in [5.74, 6) is 2.33. The standard InChI is InChI=1S/C21H21N7/c1-13-11-18(28(2)27-13)24-21-25-19-17(9-10-22-19)20(26-21)23-12-15-8-7-14-5-3-4-6-16(14)15/h3-6,9-12,15H,7-8H2,1-2H3,(H2,22,24,25,26)/b23-12-. The quantitative estimate of drug-likeness (QED) is 0.527. The summed E-state index contributed by atoms with van der Waals surface area (Å²) < 4.78 is 1.77. The van der Waals surface area contributed by atoms with Crippen LogP contribution in [0.4, 0.5) is 17.6 Å². The van der Waals surface area contributed by atoms with Gasteiger partial charge in [-0.2, -0.15) is 15.1 Å². The number of hydrogen-bond donors (Lipinski definition) is 2. The molecule has 1 aromatic carbocycles. The van der Waals surface area contributed by atoms with Gasteiger partial charge in [0.1, 0.15) is 11.5 Å². The predicted molar refractivity (Wildman–Crippen MR) is 111 cm³/mol. The summed E-state index contributed by atoms with van der Waals surface area (Å²) in [6, 6.07) is 12.5. The second kappa shape index (κ2) is 6.60. The molecule has 7 nitrogen and oxygen atoms in total. The van der Waals surface area contributed by atoms with Gasteiger partial charge in [0, 0.05) is 31.4 Å². The molecule has 1 aliphatic carbocycles. The van der Waals surface area contributed by atoms with Gasteiger partial charge < -0.3 is 10.3 Å².